The van der Waals surface area contributed by atoms with Gasteiger partial charge in [0.15, 0.2) is 5.96 Å². The zero-order valence-corrected chi connectivity index (χ0v) is 17.3. The number of halogens is 1. The van der Waals surface area contributed by atoms with Crippen molar-refractivity contribution in [3.05, 3.63) is 36.0 Å². The molecule has 25 heavy (non-hydrogen) atoms. The van der Waals surface area contributed by atoms with E-state index in [1.54, 1.807) is 0 Å². The molecule has 5 heteroatoms. The first kappa shape index (κ1) is 18.5. The Balaban J connectivity index is 0.00000182. The van der Waals surface area contributed by atoms with Gasteiger partial charge in [-0.3, -0.25) is 4.99 Å². The van der Waals surface area contributed by atoms with Crippen LogP contribution >= 0.6 is 24.0 Å². The molecule has 1 saturated heterocycles. The van der Waals surface area contributed by atoms with Crippen LogP contribution in [-0.2, 0) is 6.42 Å². The first-order valence-electron chi connectivity index (χ1n) is 9.36. The Morgan fingerprint density at radius 1 is 1.20 bits per heavy atom. The third kappa shape index (κ3) is 4.13. The Kier molecular flexibility index (Phi) is 6.25. The van der Waals surface area contributed by atoms with Crippen molar-refractivity contribution in [2.24, 2.45) is 16.8 Å². The molecule has 0 spiro atoms. The highest BCUT2D eigenvalue weighted by Crippen LogP contribution is 2.35. The number of guanidine groups is 1. The normalized spacial score (nSPS) is 23.4. The van der Waals surface area contributed by atoms with Crippen LogP contribution in [0.5, 0.6) is 0 Å². The topological polar surface area (TPSA) is 43.4 Å². The van der Waals surface area contributed by atoms with Gasteiger partial charge in [-0.05, 0) is 42.2 Å². The zero-order valence-electron chi connectivity index (χ0n) is 15.0. The number of aromatic amines is 1. The van der Waals surface area contributed by atoms with Crippen molar-refractivity contribution in [3.8, 4) is 0 Å². The lowest BCUT2D eigenvalue weighted by Crippen LogP contribution is -2.41. The molecule has 4 nitrogen and oxygen atoms in total. The molecular weight excluding hydrogens is 423 g/mol. The van der Waals surface area contributed by atoms with Crippen LogP contribution in [0, 0.1) is 11.8 Å². The number of para-hydroxylation sites is 1. The Hall–Kier alpha value is -1.24. The van der Waals surface area contributed by atoms with Crippen LogP contribution in [0.3, 0.4) is 0 Å². The molecule has 136 valence electrons. The largest absolute Gasteiger partial charge is 0.358 e. The van der Waals surface area contributed by atoms with E-state index in [0.717, 1.165) is 30.8 Å². The highest BCUT2D eigenvalue weighted by atomic mass is 127. The Morgan fingerprint density at radius 2 is 1.92 bits per heavy atom. The average Bonchev–Trinajstić information content (AvgIpc) is 3.21. The number of hydrogen-bond donors (Lipinski definition) is 2. The van der Waals surface area contributed by atoms with E-state index in [9.17, 15) is 0 Å². The van der Waals surface area contributed by atoms with E-state index in [0.29, 0.717) is 0 Å². The number of aliphatic imine (C=N–C) groups is 1. The fourth-order valence-corrected chi connectivity index (χ4v) is 4.49. The summed E-state index contributed by atoms with van der Waals surface area (Å²) in [5.74, 6) is 2.87. The van der Waals surface area contributed by atoms with Crippen LogP contribution in [-0.4, -0.2) is 42.5 Å². The Morgan fingerprint density at radius 3 is 2.60 bits per heavy atom. The molecule has 2 N–H and O–H groups in total. The third-order valence-corrected chi connectivity index (χ3v) is 5.75. The molecule has 0 bridgehead atoms. The molecule has 1 aliphatic heterocycles. The Bertz CT molecular complexity index is 676. The average molecular weight is 452 g/mol. The van der Waals surface area contributed by atoms with Gasteiger partial charge in [-0.15, -0.1) is 24.0 Å². The van der Waals surface area contributed by atoms with Gasteiger partial charge in [0.1, 0.15) is 0 Å². The number of H-pyrrole nitrogens is 1. The summed E-state index contributed by atoms with van der Waals surface area (Å²) in [4.78, 5) is 10.5. The second-order valence-electron chi connectivity index (χ2n) is 7.32. The molecule has 2 aliphatic rings. The van der Waals surface area contributed by atoms with Gasteiger partial charge in [-0.2, -0.15) is 0 Å². The second kappa shape index (κ2) is 8.43. The maximum atomic E-state index is 4.52. The lowest BCUT2D eigenvalue weighted by Gasteiger charge is -2.22. The Labute approximate surface area is 167 Å². The van der Waals surface area contributed by atoms with Gasteiger partial charge in [0.05, 0.1) is 0 Å². The van der Waals surface area contributed by atoms with E-state index < -0.39 is 0 Å². The summed E-state index contributed by atoms with van der Waals surface area (Å²) >= 11 is 0. The third-order valence-electron chi connectivity index (χ3n) is 5.75. The number of nitrogens with one attached hydrogen (secondary N) is 2. The molecule has 1 saturated carbocycles. The van der Waals surface area contributed by atoms with E-state index in [1.807, 2.05) is 7.05 Å². The first-order valence-corrected chi connectivity index (χ1v) is 9.36. The molecule has 1 aromatic carbocycles. The fourth-order valence-electron chi connectivity index (χ4n) is 4.49. The summed E-state index contributed by atoms with van der Waals surface area (Å²) in [7, 11) is 1.91. The van der Waals surface area contributed by atoms with Gasteiger partial charge in [-0.1, -0.05) is 31.0 Å². The maximum absolute atomic E-state index is 4.52. The van der Waals surface area contributed by atoms with Gasteiger partial charge in [0.25, 0.3) is 0 Å². The van der Waals surface area contributed by atoms with Crippen molar-refractivity contribution >= 4 is 40.8 Å². The molecule has 2 heterocycles. The lowest BCUT2D eigenvalue weighted by atomic mass is 9.82. The number of aromatic nitrogens is 1. The summed E-state index contributed by atoms with van der Waals surface area (Å²) < 4.78 is 0. The molecular formula is C20H29IN4. The maximum Gasteiger partial charge on any atom is 0.193 e. The van der Waals surface area contributed by atoms with E-state index in [2.05, 4.69) is 50.5 Å². The van der Waals surface area contributed by atoms with Crippen LogP contribution < -0.4 is 5.32 Å². The number of likely N-dealkylation sites (tertiary alicyclic amines) is 1. The molecule has 2 unspecified atom stereocenters. The van der Waals surface area contributed by atoms with Crippen molar-refractivity contribution in [1.82, 2.24) is 15.2 Å². The zero-order chi connectivity index (χ0) is 16.4. The van der Waals surface area contributed by atoms with Gasteiger partial charge in [0, 0.05) is 44.3 Å². The van der Waals surface area contributed by atoms with Crippen molar-refractivity contribution in [1.29, 1.82) is 0 Å². The van der Waals surface area contributed by atoms with Crippen molar-refractivity contribution in [3.63, 3.8) is 0 Å². The van der Waals surface area contributed by atoms with Crippen molar-refractivity contribution in [2.45, 2.75) is 32.1 Å². The van der Waals surface area contributed by atoms with Crippen LogP contribution in [0.4, 0.5) is 0 Å². The predicted octanol–water partition coefficient (Wildman–Crippen LogP) is 4.03. The monoisotopic (exact) mass is 452 g/mol. The summed E-state index contributed by atoms with van der Waals surface area (Å²) in [6, 6.07) is 10.7. The summed E-state index contributed by atoms with van der Waals surface area (Å²) in [6.45, 7) is 3.30. The van der Waals surface area contributed by atoms with E-state index in [-0.39, 0.29) is 24.0 Å². The minimum Gasteiger partial charge on any atom is -0.358 e. The number of nitrogens with zero attached hydrogens (tertiary/aromatic N) is 2. The smallest absolute Gasteiger partial charge is 0.193 e. The first-order chi connectivity index (χ1) is 11.8. The summed E-state index contributed by atoms with van der Waals surface area (Å²) in [5, 5.41) is 4.86. The minimum atomic E-state index is 0. The van der Waals surface area contributed by atoms with Crippen LogP contribution in [0.2, 0.25) is 0 Å². The summed E-state index contributed by atoms with van der Waals surface area (Å²) in [6.07, 6.45) is 6.65. The minimum absolute atomic E-state index is 0. The van der Waals surface area contributed by atoms with E-state index in [4.69, 9.17) is 0 Å². The van der Waals surface area contributed by atoms with Crippen molar-refractivity contribution in [2.75, 3.05) is 26.7 Å². The molecule has 0 radical (unpaired) electrons. The standard InChI is InChI=1S/C20H28N4.HI/c1-21-20(24-13-16-7-2-3-8-17(16)14-24)22-11-10-18-12-15-6-4-5-9-19(15)23-18;/h4-6,9,12,16-17,23H,2-3,7-8,10-11,13-14H2,1H3,(H,21,22);1H. The molecule has 2 fully saturated rings. The lowest BCUT2D eigenvalue weighted by molar-refractivity contribution is 0.299. The number of hydrogen-bond acceptors (Lipinski definition) is 1. The molecule has 1 aliphatic carbocycles. The van der Waals surface area contributed by atoms with Crippen molar-refractivity contribution < 1.29 is 0 Å². The number of rotatable bonds is 3. The molecule has 2 atom stereocenters. The quantitative estimate of drug-likeness (QED) is 0.420. The van der Waals surface area contributed by atoms with Gasteiger partial charge < -0.3 is 15.2 Å². The fraction of sp³-hybridized carbons (Fsp3) is 0.550. The number of fused-ring (bicyclic) bond motifs is 2. The SMILES string of the molecule is CN=C(NCCc1cc2ccccc2[nH]1)N1CC2CCCCC2C1.I. The molecule has 4 rings (SSSR count). The summed E-state index contributed by atoms with van der Waals surface area (Å²) in [5.41, 5.74) is 2.51. The predicted molar refractivity (Wildman–Crippen MR) is 116 cm³/mol. The highest BCUT2D eigenvalue weighted by molar-refractivity contribution is 14.0. The van der Waals surface area contributed by atoms with E-state index >= 15 is 0 Å². The van der Waals surface area contributed by atoms with Gasteiger partial charge in [-0.25, -0.2) is 0 Å². The number of benzene rings is 1. The van der Waals surface area contributed by atoms with Crippen LogP contribution in [0.25, 0.3) is 10.9 Å². The van der Waals surface area contributed by atoms with Gasteiger partial charge in [0.2, 0.25) is 0 Å². The molecule has 2 aromatic rings. The van der Waals surface area contributed by atoms with Gasteiger partial charge >= 0.3 is 0 Å². The van der Waals surface area contributed by atoms with Crippen LogP contribution in [0.15, 0.2) is 35.3 Å². The van der Waals surface area contributed by atoms with Crippen LogP contribution in [0.1, 0.15) is 31.4 Å². The molecule has 0 amide bonds. The second-order valence-corrected chi connectivity index (χ2v) is 7.32. The molecule has 1 aromatic heterocycles. The van der Waals surface area contributed by atoms with E-state index in [1.165, 1.54) is 55.4 Å². The highest BCUT2D eigenvalue weighted by Gasteiger charge is 2.35.